The highest BCUT2D eigenvalue weighted by atomic mass is 16.5. The number of furan rings is 1. The molecule has 0 unspecified atom stereocenters. The molecule has 1 heterocycles. The quantitative estimate of drug-likeness (QED) is 0.646. The van der Waals surface area contributed by atoms with Gasteiger partial charge in [0.25, 0.3) is 0 Å². The van der Waals surface area contributed by atoms with E-state index in [0.717, 1.165) is 0 Å². The Morgan fingerprint density at radius 2 is 2.00 bits per heavy atom. The van der Waals surface area contributed by atoms with Crippen molar-refractivity contribution in [2.24, 2.45) is 5.10 Å². The molecule has 1 aromatic heterocycles. The molecule has 0 saturated heterocycles. The molecule has 0 aliphatic heterocycles. The zero-order chi connectivity index (χ0) is 15.2. The first kappa shape index (κ1) is 14.4. The Hall–Kier alpha value is -2.96. The van der Waals surface area contributed by atoms with Crippen molar-refractivity contribution in [2.45, 2.75) is 0 Å². The van der Waals surface area contributed by atoms with Crippen molar-refractivity contribution in [3.63, 3.8) is 0 Å². The van der Waals surface area contributed by atoms with Crippen molar-refractivity contribution in [3.8, 4) is 17.2 Å². The van der Waals surface area contributed by atoms with Gasteiger partial charge in [-0.3, -0.25) is 4.79 Å². The number of nitrogens with one attached hydrogen (secondary N) is 1. The van der Waals surface area contributed by atoms with Crippen LogP contribution in [0.4, 0.5) is 0 Å². The second-order valence-corrected chi connectivity index (χ2v) is 3.95. The van der Waals surface area contributed by atoms with Crippen LogP contribution in [0.15, 0.2) is 40.0 Å². The molecule has 0 atom stereocenters. The summed E-state index contributed by atoms with van der Waals surface area (Å²) in [6, 6.07) is 6.24. The van der Waals surface area contributed by atoms with E-state index in [0.29, 0.717) is 5.56 Å². The van der Waals surface area contributed by atoms with Crippen LogP contribution in [0.3, 0.4) is 0 Å². The van der Waals surface area contributed by atoms with Gasteiger partial charge in [-0.2, -0.15) is 5.10 Å². The van der Waals surface area contributed by atoms with E-state index in [9.17, 15) is 9.90 Å². The van der Waals surface area contributed by atoms with Crippen molar-refractivity contribution in [1.29, 1.82) is 0 Å². The summed E-state index contributed by atoms with van der Waals surface area (Å²) in [5, 5.41) is 13.6. The molecule has 2 N–H and O–H groups in total. The third kappa shape index (κ3) is 3.33. The lowest BCUT2D eigenvalue weighted by atomic mass is 10.2. The summed E-state index contributed by atoms with van der Waals surface area (Å²) >= 11 is 0. The Bertz CT molecular complexity index is 624. The fourth-order valence-corrected chi connectivity index (χ4v) is 1.62. The number of amides is 1. The first-order valence-corrected chi connectivity index (χ1v) is 5.97. The monoisotopic (exact) mass is 290 g/mol. The Balaban J connectivity index is 2.12. The normalized spacial score (nSPS) is 10.6. The highest BCUT2D eigenvalue weighted by molar-refractivity contribution is 5.92. The predicted molar refractivity (Wildman–Crippen MR) is 75.0 cm³/mol. The van der Waals surface area contributed by atoms with Crippen LogP contribution in [-0.4, -0.2) is 31.4 Å². The van der Waals surface area contributed by atoms with Gasteiger partial charge in [0.15, 0.2) is 17.3 Å². The minimum absolute atomic E-state index is 0.100. The molecule has 21 heavy (non-hydrogen) atoms. The number of aromatic hydroxyl groups is 1. The molecule has 1 amide bonds. The van der Waals surface area contributed by atoms with E-state index >= 15 is 0 Å². The van der Waals surface area contributed by atoms with Gasteiger partial charge in [-0.1, -0.05) is 0 Å². The largest absolute Gasteiger partial charge is 0.502 e. The average Bonchev–Trinajstić information content (AvgIpc) is 3.02. The van der Waals surface area contributed by atoms with Crippen LogP contribution in [0.1, 0.15) is 16.1 Å². The van der Waals surface area contributed by atoms with Crippen LogP contribution >= 0.6 is 0 Å². The van der Waals surface area contributed by atoms with Crippen LogP contribution in [-0.2, 0) is 0 Å². The number of rotatable bonds is 5. The van der Waals surface area contributed by atoms with Crippen molar-refractivity contribution in [1.82, 2.24) is 5.43 Å². The lowest BCUT2D eigenvalue weighted by Crippen LogP contribution is -2.16. The Morgan fingerprint density at radius 1 is 1.33 bits per heavy atom. The molecule has 0 spiro atoms. The summed E-state index contributed by atoms with van der Waals surface area (Å²) in [4.78, 5) is 11.6. The summed E-state index contributed by atoms with van der Waals surface area (Å²) in [6.45, 7) is 0. The van der Waals surface area contributed by atoms with Gasteiger partial charge in [0.1, 0.15) is 0 Å². The first-order chi connectivity index (χ1) is 10.2. The van der Waals surface area contributed by atoms with Crippen LogP contribution in [0.5, 0.6) is 17.2 Å². The maximum absolute atomic E-state index is 11.6. The van der Waals surface area contributed by atoms with Gasteiger partial charge < -0.3 is 19.0 Å². The second kappa shape index (κ2) is 6.47. The molecule has 0 aliphatic carbocycles. The number of ether oxygens (including phenoxy) is 2. The van der Waals surface area contributed by atoms with Crippen molar-refractivity contribution >= 4 is 12.1 Å². The smallest absolute Gasteiger partial charge is 0.307 e. The maximum Gasteiger partial charge on any atom is 0.307 e. The number of hydrazone groups is 1. The molecule has 2 rings (SSSR count). The molecule has 0 bridgehead atoms. The van der Waals surface area contributed by atoms with E-state index < -0.39 is 5.91 Å². The number of phenolic OH excluding ortho intramolecular Hbond substituents is 1. The van der Waals surface area contributed by atoms with E-state index in [1.165, 1.54) is 32.8 Å². The lowest BCUT2D eigenvalue weighted by molar-refractivity contribution is 0.0927. The van der Waals surface area contributed by atoms with Gasteiger partial charge in [0, 0.05) is 5.56 Å². The number of hydrogen-bond acceptors (Lipinski definition) is 6. The topological polar surface area (TPSA) is 93.3 Å². The van der Waals surface area contributed by atoms with Crippen LogP contribution in [0.2, 0.25) is 0 Å². The number of phenols is 1. The van der Waals surface area contributed by atoms with Gasteiger partial charge in [-0.05, 0) is 24.3 Å². The van der Waals surface area contributed by atoms with E-state index in [-0.39, 0.29) is 23.0 Å². The Labute approximate surface area is 120 Å². The number of benzene rings is 1. The summed E-state index contributed by atoms with van der Waals surface area (Å²) in [5.74, 6) is 0.0834. The van der Waals surface area contributed by atoms with Gasteiger partial charge in [0.05, 0.1) is 26.7 Å². The first-order valence-electron chi connectivity index (χ1n) is 5.97. The van der Waals surface area contributed by atoms with Crippen molar-refractivity contribution < 1.29 is 23.8 Å². The lowest BCUT2D eigenvalue weighted by Gasteiger charge is -2.09. The van der Waals surface area contributed by atoms with Crippen LogP contribution in [0.25, 0.3) is 0 Å². The van der Waals surface area contributed by atoms with E-state index in [1.807, 2.05) is 0 Å². The molecule has 0 fully saturated rings. The Kier molecular flexibility index (Phi) is 4.45. The fraction of sp³-hybridized carbons (Fsp3) is 0.143. The number of carbonyl (C=O) groups is 1. The molecule has 7 heteroatoms. The highest BCUT2D eigenvalue weighted by Crippen LogP contribution is 2.36. The predicted octanol–water partition coefficient (Wildman–Crippen LogP) is 1.77. The minimum Gasteiger partial charge on any atom is -0.502 e. The molecule has 0 saturated carbocycles. The number of hydrogen-bond donors (Lipinski definition) is 2. The third-order valence-electron chi connectivity index (χ3n) is 2.63. The highest BCUT2D eigenvalue weighted by Gasteiger charge is 2.10. The average molecular weight is 290 g/mol. The van der Waals surface area contributed by atoms with Crippen molar-refractivity contribution in [3.05, 3.63) is 41.9 Å². The molecule has 110 valence electrons. The van der Waals surface area contributed by atoms with E-state index in [1.54, 1.807) is 18.2 Å². The molecule has 0 radical (unpaired) electrons. The third-order valence-corrected chi connectivity index (χ3v) is 2.63. The zero-order valence-electron chi connectivity index (χ0n) is 11.5. The fourth-order valence-electron chi connectivity index (χ4n) is 1.62. The molecule has 1 aromatic carbocycles. The summed E-state index contributed by atoms with van der Waals surface area (Å²) in [5.41, 5.74) is 2.90. The molecule has 0 aliphatic rings. The summed E-state index contributed by atoms with van der Waals surface area (Å²) in [6.07, 6.45) is 2.79. The zero-order valence-corrected chi connectivity index (χ0v) is 11.5. The number of methoxy groups -OCH3 is 2. The summed E-state index contributed by atoms with van der Waals surface area (Å²) in [7, 11) is 2.85. The molecular weight excluding hydrogens is 276 g/mol. The molecule has 7 nitrogen and oxygen atoms in total. The van der Waals surface area contributed by atoms with Gasteiger partial charge in [-0.25, -0.2) is 5.43 Å². The van der Waals surface area contributed by atoms with Gasteiger partial charge in [-0.15, -0.1) is 0 Å². The van der Waals surface area contributed by atoms with Gasteiger partial charge in [0.2, 0.25) is 5.75 Å². The maximum atomic E-state index is 11.6. The SMILES string of the molecule is COc1cc(/C=N\NC(=O)c2ccco2)cc(OC)c1O. The molecular formula is C14H14N2O5. The van der Waals surface area contributed by atoms with E-state index in [4.69, 9.17) is 13.9 Å². The van der Waals surface area contributed by atoms with Crippen LogP contribution < -0.4 is 14.9 Å². The van der Waals surface area contributed by atoms with E-state index in [2.05, 4.69) is 10.5 Å². The number of nitrogens with zero attached hydrogens (tertiary/aromatic N) is 1. The van der Waals surface area contributed by atoms with Crippen molar-refractivity contribution in [2.75, 3.05) is 14.2 Å². The minimum atomic E-state index is -0.464. The standard InChI is InChI=1S/C14H14N2O5/c1-19-11-6-9(7-12(20-2)13(11)17)8-15-16-14(18)10-4-3-5-21-10/h3-8,17H,1-2H3,(H,16,18)/b15-8-. The van der Waals surface area contributed by atoms with Crippen LogP contribution in [0, 0.1) is 0 Å². The van der Waals surface area contributed by atoms with Gasteiger partial charge >= 0.3 is 5.91 Å². The Morgan fingerprint density at radius 3 is 2.52 bits per heavy atom. The summed E-state index contributed by atoms with van der Waals surface area (Å²) < 4.78 is 15.0. The molecule has 2 aromatic rings. The second-order valence-electron chi connectivity index (χ2n) is 3.95. The number of carbonyl (C=O) groups excluding carboxylic acids is 1.